The number of carbonyl (C=O) groups excluding carboxylic acids is 1. The number of nitrogens with one attached hydrogen (secondary N) is 2. The topological polar surface area (TPSA) is 75.3 Å². The molecule has 0 aliphatic heterocycles. The largest absolute Gasteiger partial charge is 0.325 e. The molecule has 1 unspecified atom stereocenters. The summed E-state index contributed by atoms with van der Waals surface area (Å²) in [6.45, 7) is 3.79. The molecule has 0 aliphatic rings. The van der Waals surface area contributed by atoms with E-state index in [9.17, 15) is 13.2 Å². The molecule has 30 heavy (non-hydrogen) atoms. The van der Waals surface area contributed by atoms with Crippen molar-refractivity contribution in [3.05, 3.63) is 90.0 Å². The molecular weight excluding hydrogens is 416 g/mol. The quantitative estimate of drug-likeness (QED) is 0.514. The summed E-state index contributed by atoms with van der Waals surface area (Å²) in [4.78, 5) is 12.6. The Morgan fingerprint density at radius 1 is 0.900 bits per heavy atom. The van der Waals surface area contributed by atoms with Gasteiger partial charge in [-0.25, -0.2) is 8.42 Å². The van der Waals surface area contributed by atoms with Crippen molar-refractivity contribution in [1.82, 2.24) is 0 Å². The van der Waals surface area contributed by atoms with E-state index in [0.29, 0.717) is 11.4 Å². The van der Waals surface area contributed by atoms with Crippen LogP contribution in [0.2, 0.25) is 0 Å². The lowest BCUT2D eigenvalue weighted by atomic mass is 10.2. The summed E-state index contributed by atoms with van der Waals surface area (Å²) in [6, 6.07) is 23.2. The minimum absolute atomic E-state index is 0.121. The van der Waals surface area contributed by atoms with Crippen LogP contribution < -0.4 is 10.0 Å². The van der Waals surface area contributed by atoms with E-state index in [-0.39, 0.29) is 16.1 Å². The van der Waals surface area contributed by atoms with E-state index in [2.05, 4.69) is 10.0 Å². The van der Waals surface area contributed by atoms with Crippen LogP contribution in [0.4, 0.5) is 11.4 Å². The highest BCUT2D eigenvalue weighted by atomic mass is 32.2. The normalized spacial score (nSPS) is 12.2. The van der Waals surface area contributed by atoms with Crippen LogP contribution in [0.3, 0.4) is 0 Å². The van der Waals surface area contributed by atoms with Gasteiger partial charge in [0.15, 0.2) is 0 Å². The molecule has 0 bridgehead atoms. The summed E-state index contributed by atoms with van der Waals surface area (Å²) in [7, 11) is -3.69. The highest BCUT2D eigenvalue weighted by Gasteiger charge is 2.16. The van der Waals surface area contributed by atoms with Gasteiger partial charge in [-0.2, -0.15) is 0 Å². The first-order chi connectivity index (χ1) is 14.3. The molecule has 5 nitrogen and oxygen atoms in total. The van der Waals surface area contributed by atoms with E-state index in [1.54, 1.807) is 36.0 Å². The fourth-order valence-electron chi connectivity index (χ4n) is 2.67. The predicted molar refractivity (Wildman–Crippen MR) is 124 cm³/mol. The Kier molecular flexibility index (Phi) is 7.18. The first-order valence-corrected chi connectivity index (χ1v) is 12.0. The van der Waals surface area contributed by atoms with Crippen molar-refractivity contribution >= 4 is 39.1 Å². The maximum atomic E-state index is 12.5. The van der Waals surface area contributed by atoms with Crippen LogP contribution in [0.15, 0.2) is 83.8 Å². The summed E-state index contributed by atoms with van der Waals surface area (Å²) in [5.41, 5.74) is 3.27. The van der Waals surface area contributed by atoms with Gasteiger partial charge in [-0.1, -0.05) is 48.0 Å². The Bertz CT molecular complexity index is 1080. The van der Waals surface area contributed by atoms with Crippen molar-refractivity contribution in [2.24, 2.45) is 0 Å². The minimum Gasteiger partial charge on any atom is -0.325 e. The summed E-state index contributed by atoms with van der Waals surface area (Å²) in [6.07, 6.45) is 0. The number of anilines is 2. The Labute approximate surface area is 182 Å². The van der Waals surface area contributed by atoms with Gasteiger partial charge in [-0.3, -0.25) is 9.52 Å². The van der Waals surface area contributed by atoms with Crippen molar-refractivity contribution < 1.29 is 13.2 Å². The Morgan fingerprint density at radius 3 is 2.13 bits per heavy atom. The van der Waals surface area contributed by atoms with E-state index in [1.807, 2.05) is 56.3 Å². The van der Waals surface area contributed by atoms with Gasteiger partial charge < -0.3 is 5.32 Å². The summed E-state index contributed by atoms with van der Waals surface area (Å²) < 4.78 is 27.6. The molecule has 156 valence electrons. The monoisotopic (exact) mass is 440 g/mol. The number of hydrogen-bond acceptors (Lipinski definition) is 4. The van der Waals surface area contributed by atoms with Crippen molar-refractivity contribution in [2.45, 2.75) is 29.7 Å². The van der Waals surface area contributed by atoms with Gasteiger partial charge in [0.2, 0.25) is 5.91 Å². The molecule has 3 aromatic carbocycles. The van der Waals surface area contributed by atoms with E-state index >= 15 is 0 Å². The number of carbonyl (C=O) groups is 1. The molecule has 0 heterocycles. The molecule has 0 aliphatic carbocycles. The third-order valence-corrected chi connectivity index (χ3v) is 7.06. The molecule has 0 spiro atoms. The lowest BCUT2D eigenvalue weighted by Crippen LogP contribution is -2.22. The zero-order valence-corrected chi connectivity index (χ0v) is 18.5. The lowest BCUT2D eigenvalue weighted by molar-refractivity contribution is -0.115. The third-order valence-electron chi connectivity index (χ3n) is 4.45. The number of thioether (sulfide) groups is 1. The van der Waals surface area contributed by atoms with Crippen LogP contribution in [0, 0.1) is 6.92 Å². The maximum absolute atomic E-state index is 12.5. The van der Waals surface area contributed by atoms with Gasteiger partial charge in [-0.05, 0) is 55.8 Å². The zero-order valence-electron chi connectivity index (χ0n) is 16.8. The minimum atomic E-state index is -3.69. The van der Waals surface area contributed by atoms with Crippen LogP contribution in [-0.2, 0) is 20.6 Å². The summed E-state index contributed by atoms with van der Waals surface area (Å²) in [5, 5.41) is 2.60. The Morgan fingerprint density at radius 2 is 1.50 bits per heavy atom. The van der Waals surface area contributed by atoms with Crippen molar-refractivity contribution in [3.8, 4) is 0 Å². The average Bonchev–Trinajstić information content (AvgIpc) is 2.74. The van der Waals surface area contributed by atoms with Crippen molar-refractivity contribution in [3.63, 3.8) is 0 Å². The Balaban J connectivity index is 1.57. The summed E-state index contributed by atoms with van der Waals surface area (Å²) >= 11 is 1.55. The van der Waals surface area contributed by atoms with Gasteiger partial charge in [0.1, 0.15) is 0 Å². The number of aryl methyl sites for hydroxylation is 1. The number of amides is 1. The SMILES string of the molecule is Cc1ccc(NS(=O)(=O)c2ccc(NC(=O)C(C)SCc3ccccc3)cc2)cc1. The van der Waals surface area contributed by atoms with Crippen molar-refractivity contribution in [2.75, 3.05) is 10.0 Å². The second-order valence-corrected chi connectivity index (χ2v) is 9.94. The number of benzene rings is 3. The molecule has 1 amide bonds. The van der Waals surface area contributed by atoms with Gasteiger partial charge in [0, 0.05) is 17.1 Å². The number of hydrogen-bond donors (Lipinski definition) is 2. The second-order valence-electron chi connectivity index (χ2n) is 6.92. The molecule has 0 radical (unpaired) electrons. The highest BCUT2D eigenvalue weighted by Crippen LogP contribution is 2.21. The molecule has 0 saturated carbocycles. The maximum Gasteiger partial charge on any atom is 0.261 e. The molecule has 7 heteroatoms. The molecule has 1 atom stereocenters. The third kappa shape index (κ3) is 6.11. The van der Waals surface area contributed by atoms with Crippen LogP contribution in [0.1, 0.15) is 18.1 Å². The smallest absolute Gasteiger partial charge is 0.261 e. The molecular formula is C23H24N2O3S2. The van der Waals surface area contributed by atoms with E-state index < -0.39 is 10.0 Å². The van der Waals surface area contributed by atoms with Gasteiger partial charge in [0.05, 0.1) is 10.1 Å². The van der Waals surface area contributed by atoms with Crippen LogP contribution in [-0.4, -0.2) is 19.6 Å². The molecule has 0 saturated heterocycles. The fraction of sp³-hybridized carbons (Fsp3) is 0.174. The highest BCUT2D eigenvalue weighted by molar-refractivity contribution is 7.99. The van der Waals surface area contributed by atoms with Crippen LogP contribution >= 0.6 is 11.8 Å². The second kappa shape index (κ2) is 9.82. The Hall–Kier alpha value is -2.77. The van der Waals surface area contributed by atoms with E-state index in [0.717, 1.165) is 16.9 Å². The number of rotatable bonds is 8. The van der Waals surface area contributed by atoms with E-state index in [4.69, 9.17) is 0 Å². The number of sulfonamides is 1. The van der Waals surface area contributed by atoms with Gasteiger partial charge in [-0.15, -0.1) is 11.8 Å². The summed E-state index contributed by atoms with van der Waals surface area (Å²) in [5.74, 6) is 0.626. The van der Waals surface area contributed by atoms with Crippen molar-refractivity contribution in [1.29, 1.82) is 0 Å². The molecule has 0 aromatic heterocycles. The lowest BCUT2D eigenvalue weighted by Gasteiger charge is -2.13. The fourth-order valence-corrected chi connectivity index (χ4v) is 4.57. The van der Waals surface area contributed by atoms with Gasteiger partial charge >= 0.3 is 0 Å². The van der Waals surface area contributed by atoms with Crippen LogP contribution in [0.25, 0.3) is 0 Å². The first-order valence-electron chi connectivity index (χ1n) is 9.49. The first kappa shape index (κ1) is 21.9. The molecule has 0 fully saturated rings. The zero-order chi connectivity index (χ0) is 21.6. The molecule has 3 aromatic rings. The average molecular weight is 441 g/mol. The standard InChI is InChI=1S/C23H24N2O3S2/c1-17-8-10-21(11-9-17)25-30(27,28)22-14-12-20(13-15-22)24-23(26)18(2)29-16-19-6-4-3-5-7-19/h3-15,18,25H,16H2,1-2H3,(H,24,26). The molecule has 2 N–H and O–H groups in total. The van der Waals surface area contributed by atoms with E-state index in [1.165, 1.54) is 12.1 Å². The molecule has 3 rings (SSSR count). The predicted octanol–water partition coefficient (Wildman–Crippen LogP) is 5.06. The van der Waals surface area contributed by atoms with Crippen LogP contribution in [0.5, 0.6) is 0 Å². The van der Waals surface area contributed by atoms with Gasteiger partial charge in [0.25, 0.3) is 10.0 Å².